The van der Waals surface area contributed by atoms with Crippen LogP contribution in [0, 0.1) is 0 Å². The first-order valence-corrected chi connectivity index (χ1v) is 7.23. The Morgan fingerprint density at radius 1 is 1.19 bits per heavy atom. The summed E-state index contributed by atoms with van der Waals surface area (Å²) in [5.74, 6) is 0. The van der Waals surface area contributed by atoms with Crippen molar-refractivity contribution in [3.8, 4) is 0 Å². The Kier molecular flexibility index (Phi) is 7.10. The van der Waals surface area contributed by atoms with Gasteiger partial charge in [-0.25, -0.2) is 0 Å². The molecule has 0 aromatic rings. The summed E-state index contributed by atoms with van der Waals surface area (Å²) in [5, 5.41) is 0. The van der Waals surface area contributed by atoms with Gasteiger partial charge in [-0.15, -0.1) is 0 Å². The van der Waals surface area contributed by atoms with Crippen LogP contribution < -0.4 is 0 Å². The van der Waals surface area contributed by atoms with Crippen LogP contribution in [0.15, 0.2) is 12.2 Å². The maximum absolute atomic E-state index is 5.89. The van der Waals surface area contributed by atoms with Crippen LogP contribution in [0.2, 0.25) is 0 Å². The maximum atomic E-state index is 5.89. The monoisotopic (exact) mass is 248 g/mol. The second-order valence-corrected chi connectivity index (χ2v) is 6.81. The average molecular weight is 248 g/mol. The molecule has 0 spiro atoms. The third kappa shape index (κ3) is 3.67. The van der Waals surface area contributed by atoms with Gasteiger partial charge >= 0.3 is 8.80 Å². The van der Waals surface area contributed by atoms with Crippen molar-refractivity contribution in [2.24, 2.45) is 0 Å². The van der Waals surface area contributed by atoms with E-state index >= 15 is 0 Å². The summed E-state index contributed by atoms with van der Waals surface area (Å²) in [6.07, 6.45) is 0.747. The highest BCUT2D eigenvalue weighted by molar-refractivity contribution is 6.62. The van der Waals surface area contributed by atoms with Gasteiger partial charge in [0.2, 0.25) is 0 Å². The van der Waals surface area contributed by atoms with Crippen LogP contribution in [0.4, 0.5) is 0 Å². The molecule has 16 heavy (non-hydrogen) atoms. The predicted molar refractivity (Wildman–Crippen MR) is 66.2 cm³/mol. The molecule has 4 nitrogen and oxygen atoms in total. The molecular weight excluding hydrogens is 224 g/mol. The Balaban J connectivity index is 4.74. The standard InChI is InChI=1S/C11H24O4Si/c1-8-11(15-10(4)9(2)3)16(12-5,13-6)14-7/h10-11H,2,8H2,1,3-7H3. The minimum Gasteiger partial charge on any atom is -0.375 e. The van der Waals surface area contributed by atoms with Gasteiger partial charge in [0, 0.05) is 21.3 Å². The molecule has 0 aromatic carbocycles. The molecule has 0 bridgehead atoms. The summed E-state index contributed by atoms with van der Waals surface area (Å²) in [6.45, 7) is 9.79. The molecule has 96 valence electrons. The summed E-state index contributed by atoms with van der Waals surface area (Å²) < 4.78 is 22.1. The molecule has 0 heterocycles. The Morgan fingerprint density at radius 2 is 1.62 bits per heavy atom. The summed E-state index contributed by atoms with van der Waals surface area (Å²) in [5.41, 5.74) is 0.809. The minimum atomic E-state index is -2.72. The lowest BCUT2D eigenvalue weighted by atomic mass is 10.2. The van der Waals surface area contributed by atoms with Gasteiger partial charge in [-0.3, -0.25) is 0 Å². The Hall–Kier alpha value is -0.203. The van der Waals surface area contributed by atoms with Gasteiger partial charge in [-0.1, -0.05) is 19.1 Å². The molecule has 5 heteroatoms. The second kappa shape index (κ2) is 7.19. The lowest BCUT2D eigenvalue weighted by Gasteiger charge is -2.33. The Bertz CT molecular complexity index is 208. The van der Waals surface area contributed by atoms with Gasteiger partial charge in [-0.05, 0) is 20.3 Å². The van der Waals surface area contributed by atoms with Crippen molar-refractivity contribution in [3.05, 3.63) is 12.2 Å². The smallest absolute Gasteiger partial charge is 0.375 e. The van der Waals surface area contributed by atoms with Gasteiger partial charge < -0.3 is 18.0 Å². The van der Waals surface area contributed by atoms with Crippen molar-refractivity contribution in [2.75, 3.05) is 21.3 Å². The summed E-state index contributed by atoms with van der Waals surface area (Å²) >= 11 is 0. The average Bonchev–Trinajstić information content (AvgIpc) is 2.29. The summed E-state index contributed by atoms with van der Waals surface area (Å²) in [6, 6.07) is 0. The molecule has 0 saturated heterocycles. The van der Waals surface area contributed by atoms with Crippen LogP contribution in [0.1, 0.15) is 27.2 Å². The molecule has 0 aliphatic rings. The topological polar surface area (TPSA) is 36.9 Å². The molecule has 0 fully saturated rings. The van der Waals surface area contributed by atoms with Gasteiger partial charge in [0.05, 0.1) is 6.10 Å². The Labute approximate surface area is 99.9 Å². The maximum Gasteiger partial charge on any atom is 0.530 e. The highest BCUT2D eigenvalue weighted by Gasteiger charge is 2.48. The van der Waals surface area contributed by atoms with E-state index in [2.05, 4.69) is 6.58 Å². The van der Waals surface area contributed by atoms with E-state index in [4.69, 9.17) is 18.0 Å². The van der Waals surface area contributed by atoms with Gasteiger partial charge in [0.25, 0.3) is 0 Å². The van der Waals surface area contributed by atoms with Crippen LogP contribution in [0.25, 0.3) is 0 Å². The molecule has 0 aromatic heterocycles. The number of hydrogen-bond donors (Lipinski definition) is 0. The normalized spacial score (nSPS) is 15.9. The largest absolute Gasteiger partial charge is 0.530 e. The van der Waals surface area contributed by atoms with Crippen molar-refractivity contribution in [1.82, 2.24) is 0 Å². The van der Waals surface area contributed by atoms with Crippen LogP contribution in [0.5, 0.6) is 0 Å². The van der Waals surface area contributed by atoms with Crippen LogP contribution in [-0.4, -0.2) is 42.0 Å². The highest BCUT2D eigenvalue weighted by Crippen LogP contribution is 2.21. The molecule has 2 atom stereocenters. The fourth-order valence-electron chi connectivity index (χ4n) is 1.44. The van der Waals surface area contributed by atoms with E-state index in [1.54, 1.807) is 21.3 Å². The van der Waals surface area contributed by atoms with Crippen molar-refractivity contribution in [1.29, 1.82) is 0 Å². The van der Waals surface area contributed by atoms with Crippen LogP contribution in [-0.2, 0) is 18.0 Å². The first kappa shape index (κ1) is 15.8. The second-order valence-electron chi connectivity index (χ2n) is 3.74. The third-order valence-electron chi connectivity index (χ3n) is 2.68. The summed E-state index contributed by atoms with van der Waals surface area (Å²) in [4.78, 5) is 0. The van der Waals surface area contributed by atoms with E-state index in [1.165, 1.54) is 0 Å². The predicted octanol–water partition coefficient (Wildman–Crippen LogP) is 2.16. The third-order valence-corrected chi connectivity index (χ3v) is 5.72. The van der Waals surface area contributed by atoms with Crippen molar-refractivity contribution >= 4 is 8.80 Å². The van der Waals surface area contributed by atoms with Crippen LogP contribution in [0.3, 0.4) is 0 Å². The minimum absolute atomic E-state index is 0.0303. The van der Waals surface area contributed by atoms with Crippen molar-refractivity contribution in [3.63, 3.8) is 0 Å². The molecule has 0 saturated carbocycles. The highest BCUT2D eigenvalue weighted by atomic mass is 28.4. The summed E-state index contributed by atoms with van der Waals surface area (Å²) in [7, 11) is 2.06. The van der Waals surface area contributed by atoms with Gasteiger partial charge in [-0.2, -0.15) is 0 Å². The molecule has 0 aliphatic heterocycles. The van der Waals surface area contributed by atoms with E-state index in [-0.39, 0.29) is 11.8 Å². The van der Waals surface area contributed by atoms with Crippen molar-refractivity contribution in [2.45, 2.75) is 39.0 Å². The van der Waals surface area contributed by atoms with E-state index in [9.17, 15) is 0 Å². The first-order chi connectivity index (χ1) is 7.47. The zero-order chi connectivity index (χ0) is 12.8. The zero-order valence-corrected chi connectivity index (χ0v) is 12.2. The number of rotatable bonds is 8. The number of hydrogen-bond acceptors (Lipinski definition) is 4. The fourth-order valence-corrected chi connectivity index (χ4v) is 3.60. The molecule has 0 radical (unpaired) electrons. The van der Waals surface area contributed by atoms with E-state index < -0.39 is 8.80 Å². The quantitative estimate of drug-likeness (QED) is 0.487. The molecule has 0 amide bonds. The van der Waals surface area contributed by atoms with Crippen LogP contribution >= 0.6 is 0 Å². The van der Waals surface area contributed by atoms with E-state index in [0.29, 0.717) is 0 Å². The van der Waals surface area contributed by atoms with Gasteiger partial charge in [0.15, 0.2) is 0 Å². The van der Waals surface area contributed by atoms with Crippen molar-refractivity contribution < 1.29 is 18.0 Å². The van der Waals surface area contributed by atoms with E-state index in [0.717, 1.165) is 12.0 Å². The molecule has 0 N–H and O–H groups in total. The first-order valence-electron chi connectivity index (χ1n) is 5.43. The van der Waals surface area contributed by atoms with Gasteiger partial charge in [0.1, 0.15) is 5.73 Å². The lowest BCUT2D eigenvalue weighted by molar-refractivity contribution is -0.00982. The molecule has 2 unspecified atom stereocenters. The molecular formula is C11H24O4Si. The zero-order valence-electron chi connectivity index (χ0n) is 11.2. The lowest BCUT2D eigenvalue weighted by Crippen LogP contribution is -2.56. The SMILES string of the molecule is C=C(C)C(C)OC(CC)[Si](OC)(OC)OC. The molecule has 0 rings (SSSR count). The Morgan fingerprint density at radius 3 is 1.88 bits per heavy atom. The number of ether oxygens (including phenoxy) is 1. The fraction of sp³-hybridized carbons (Fsp3) is 0.818. The van der Waals surface area contributed by atoms with E-state index in [1.807, 2.05) is 20.8 Å². The molecule has 0 aliphatic carbocycles.